The molecule has 0 aromatic heterocycles. The van der Waals surface area contributed by atoms with Gasteiger partial charge in [-0.05, 0) is 66.9 Å². The first-order chi connectivity index (χ1) is 14.4. The monoisotopic (exact) mass is 426 g/mol. The van der Waals surface area contributed by atoms with Crippen LogP contribution >= 0.6 is 11.6 Å². The van der Waals surface area contributed by atoms with Crippen LogP contribution < -0.4 is 20.3 Å². The number of rotatable bonds is 2. The number of nitrogens with one attached hydrogen (secondary N) is 2. The van der Waals surface area contributed by atoms with Crippen LogP contribution in [0.3, 0.4) is 0 Å². The third-order valence-corrected chi connectivity index (χ3v) is 7.17. The zero-order chi connectivity index (χ0) is 21.0. The quantitative estimate of drug-likeness (QED) is 0.767. The normalized spacial score (nSPS) is 27.4. The van der Waals surface area contributed by atoms with E-state index < -0.39 is 6.09 Å². The molecular weight excluding hydrogens is 400 g/mol. The maximum atomic E-state index is 12.7. The standard InChI is InChI=1S/C23H27ClN4O2/c1-23-9-11-27(2)21(23)28(3)19-7-5-16(13-18(19)23)30-22(29)26-20-17-6-4-15(24)12-14(17)8-10-25-20/h4-7,12-13,20-21,25H,8-11H2,1-3H3,(H,26,29)/t20?,21-,23+/m1/s1. The molecule has 0 saturated carbocycles. The van der Waals surface area contributed by atoms with Crippen LogP contribution in [0, 0.1) is 0 Å². The highest BCUT2D eigenvalue weighted by atomic mass is 35.5. The summed E-state index contributed by atoms with van der Waals surface area (Å²) in [5.74, 6) is 0.572. The van der Waals surface area contributed by atoms with Crippen molar-refractivity contribution in [3.63, 3.8) is 0 Å². The number of amides is 1. The van der Waals surface area contributed by atoms with E-state index in [2.05, 4.69) is 47.5 Å². The number of carbonyl (C=O) groups is 1. The zero-order valence-corrected chi connectivity index (χ0v) is 18.3. The summed E-state index contributed by atoms with van der Waals surface area (Å²) in [7, 11) is 4.31. The van der Waals surface area contributed by atoms with E-state index in [1.165, 1.54) is 11.3 Å². The average Bonchev–Trinajstić information content (AvgIpc) is 3.13. The molecule has 3 atom stereocenters. The topological polar surface area (TPSA) is 56.8 Å². The second kappa shape index (κ2) is 7.15. The summed E-state index contributed by atoms with van der Waals surface area (Å²) in [6.07, 6.45) is 1.56. The molecule has 3 aliphatic rings. The first-order valence-electron chi connectivity index (χ1n) is 10.4. The van der Waals surface area contributed by atoms with E-state index in [0.717, 1.165) is 37.1 Å². The molecule has 7 heteroatoms. The summed E-state index contributed by atoms with van der Waals surface area (Å²) in [6, 6.07) is 11.7. The minimum Gasteiger partial charge on any atom is -0.410 e. The first kappa shape index (κ1) is 19.7. The van der Waals surface area contributed by atoms with Gasteiger partial charge in [-0.15, -0.1) is 0 Å². The van der Waals surface area contributed by atoms with Crippen LogP contribution in [0.4, 0.5) is 10.5 Å². The smallest absolute Gasteiger partial charge is 0.410 e. The molecule has 3 heterocycles. The lowest BCUT2D eigenvalue weighted by molar-refractivity contribution is 0.192. The molecule has 2 aromatic carbocycles. The minimum atomic E-state index is -0.466. The van der Waals surface area contributed by atoms with Crippen LogP contribution in [0.15, 0.2) is 36.4 Å². The zero-order valence-electron chi connectivity index (χ0n) is 17.5. The second-order valence-electron chi connectivity index (χ2n) is 8.83. The van der Waals surface area contributed by atoms with Gasteiger partial charge < -0.3 is 15.0 Å². The molecule has 1 fully saturated rings. The van der Waals surface area contributed by atoms with E-state index in [1.54, 1.807) is 0 Å². The molecule has 5 rings (SSSR count). The van der Waals surface area contributed by atoms with Crippen molar-refractivity contribution in [2.45, 2.75) is 37.5 Å². The van der Waals surface area contributed by atoms with E-state index in [1.807, 2.05) is 30.3 Å². The van der Waals surface area contributed by atoms with Crippen LogP contribution in [0.5, 0.6) is 5.75 Å². The first-order valence-corrected chi connectivity index (χ1v) is 10.8. The van der Waals surface area contributed by atoms with Crippen LogP contribution in [0.25, 0.3) is 0 Å². The number of nitrogens with zero attached hydrogens (tertiary/aromatic N) is 2. The number of hydrogen-bond donors (Lipinski definition) is 2. The van der Waals surface area contributed by atoms with Crippen molar-refractivity contribution >= 4 is 23.4 Å². The summed E-state index contributed by atoms with van der Waals surface area (Å²) in [4.78, 5) is 17.4. The molecule has 6 nitrogen and oxygen atoms in total. The molecule has 2 aromatic rings. The third-order valence-electron chi connectivity index (χ3n) is 6.93. The van der Waals surface area contributed by atoms with Crippen LogP contribution in [-0.4, -0.2) is 44.3 Å². The van der Waals surface area contributed by atoms with Gasteiger partial charge in [0, 0.05) is 36.3 Å². The molecule has 0 bridgehead atoms. The van der Waals surface area contributed by atoms with Gasteiger partial charge in [-0.25, -0.2) is 4.79 Å². The van der Waals surface area contributed by atoms with E-state index in [0.29, 0.717) is 16.9 Å². The Bertz CT molecular complexity index is 1010. The molecule has 2 N–H and O–H groups in total. The SMILES string of the molecule is CN1CC[C@@]2(C)c3cc(OC(=O)NC4NCCc5cc(Cl)ccc54)ccc3N(C)[C@@H]12. The molecule has 0 spiro atoms. The molecule has 158 valence electrons. The molecular formula is C23H27ClN4O2. The van der Waals surface area contributed by atoms with Gasteiger partial charge in [0.15, 0.2) is 0 Å². The molecule has 0 radical (unpaired) electrons. The molecule has 0 aliphatic carbocycles. The van der Waals surface area contributed by atoms with Crippen LogP contribution in [0.2, 0.25) is 5.02 Å². The molecule has 1 amide bonds. The van der Waals surface area contributed by atoms with Gasteiger partial charge in [-0.3, -0.25) is 10.2 Å². The Kier molecular flexibility index (Phi) is 4.69. The predicted molar refractivity (Wildman–Crippen MR) is 118 cm³/mol. The second-order valence-corrected chi connectivity index (χ2v) is 9.26. The minimum absolute atomic E-state index is 0.0395. The van der Waals surface area contributed by atoms with Gasteiger partial charge in [0.1, 0.15) is 11.9 Å². The predicted octanol–water partition coefficient (Wildman–Crippen LogP) is 3.64. The third kappa shape index (κ3) is 3.06. The van der Waals surface area contributed by atoms with Crippen molar-refractivity contribution in [2.24, 2.45) is 0 Å². The van der Waals surface area contributed by atoms with Gasteiger partial charge in [0.25, 0.3) is 0 Å². The average molecular weight is 427 g/mol. The van der Waals surface area contributed by atoms with E-state index in [4.69, 9.17) is 16.3 Å². The number of halogens is 1. The van der Waals surface area contributed by atoms with Gasteiger partial charge in [-0.1, -0.05) is 24.6 Å². The van der Waals surface area contributed by atoms with Crippen molar-refractivity contribution in [3.05, 3.63) is 58.1 Å². The van der Waals surface area contributed by atoms with E-state index in [-0.39, 0.29) is 11.6 Å². The lowest BCUT2D eigenvalue weighted by atomic mass is 9.81. The van der Waals surface area contributed by atoms with Crippen LogP contribution in [-0.2, 0) is 11.8 Å². The maximum Gasteiger partial charge on any atom is 0.414 e. The van der Waals surface area contributed by atoms with E-state index >= 15 is 0 Å². The summed E-state index contributed by atoms with van der Waals surface area (Å²) < 4.78 is 5.69. The number of benzene rings is 2. The Morgan fingerprint density at radius 3 is 2.93 bits per heavy atom. The summed E-state index contributed by atoms with van der Waals surface area (Å²) in [6.45, 7) is 4.14. The fourth-order valence-electron chi connectivity index (χ4n) is 5.54. The largest absolute Gasteiger partial charge is 0.414 e. The van der Waals surface area contributed by atoms with Gasteiger partial charge in [0.2, 0.25) is 0 Å². The fourth-order valence-corrected chi connectivity index (χ4v) is 5.73. The Labute approximate surface area is 182 Å². The van der Waals surface area contributed by atoms with Gasteiger partial charge in [-0.2, -0.15) is 0 Å². The van der Waals surface area contributed by atoms with Gasteiger partial charge >= 0.3 is 6.09 Å². The van der Waals surface area contributed by atoms with Crippen molar-refractivity contribution in [1.29, 1.82) is 0 Å². The van der Waals surface area contributed by atoms with Gasteiger partial charge in [0.05, 0.1) is 6.17 Å². The molecule has 1 saturated heterocycles. The molecule has 3 aliphatic heterocycles. The summed E-state index contributed by atoms with van der Waals surface area (Å²) >= 11 is 6.11. The molecule has 1 unspecified atom stereocenters. The Hall–Kier alpha value is -2.28. The Morgan fingerprint density at radius 2 is 2.10 bits per heavy atom. The lowest BCUT2D eigenvalue weighted by Gasteiger charge is -2.32. The van der Waals surface area contributed by atoms with Crippen LogP contribution in [0.1, 0.15) is 36.2 Å². The number of anilines is 1. The van der Waals surface area contributed by atoms with Crippen molar-refractivity contribution in [2.75, 3.05) is 32.1 Å². The van der Waals surface area contributed by atoms with Crippen molar-refractivity contribution in [1.82, 2.24) is 15.5 Å². The number of hydrogen-bond acceptors (Lipinski definition) is 5. The summed E-state index contributed by atoms with van der Waals surface area (Å²) in [5.41, 5.74) is 4.68. The summed E-state index contributed by atoms with van der Waals surface area (Å²) in [5, 5.41) is 6.99. The number of likely N-dealkylation sites (N-methyl/N-ethyl adjacent to an activating group) is 2. The Balaban J connectivity index is 1.34. The highest BCUT2D eigenvalue weighted by molar-refractivity contribution is 6.30. The fraction of sp³-hybridized carbons (Fsp3) is 0.435. The highest BCUT2D eigenvalue weighted by Gasteiger charge is 2.52. The number of carbonyl (C=O) groups excluding carboxylic acids is 1. The highest BCUT2D eigenvalue weighted by Crippen LogP contribution is 2.51. The Morgan fingerprint density at radius 1 is 1.27 bits per heavy atom. The molecule has 30 heavy (non-hydrogen) atoms. The van der Waals surface area contributed by atoms with Crippen molar-refractivity contribution < 1.29 is 9.53 Å². The number of fused-ring (bicyclic) bond motifs is 4. The lowest BCUT2D eigenvalue weighted by Crippen LogP contribution is -2.45. The van der Waals surface area contributed by atoms with Crippen molar-refractivity contribution in [3.8, 4) is 5.75 Å². The number of ether oxygens (including phenoxy) is 1. The number of likely N-dealkylation sites (tertiary alicyclic amines) is 1. The van der Waals surface area contributed by atoms with E-state index in [9.17, 15) is 4.79 Å². The maximum absolute atomic E-state index is 12.7.